The van der Waals surface area contributed by atoms with E-state index < -0.39 is 0 Å². The molecule has 0 radical (unpaired) electrons. The third-order valence-corrected chi connectivity index (χ3v) is 2.96. The average Bonchev–Trinajstić information content (AvgIpc) is 2.49. The topological polar surface area (TPSA) is 35.5 Å². The van der Waals surface area contributed by atoms with E-state index in [-0.39, 0.29) is 12.1 Å². The fourth-order valence-electron chi connectivity index (χ4n) is 1.93. The van der Waals surface area contributed by atoms with Gasteiger partial charge in [-0.3, -0.25) is 0 Å². The fraction of sp³-hybridized carbons (Fsp3) is 0.235. The zero-order valence-corrected chi connectivity index (χ0v) is 11.7. The minimum atomic E-state index is -0.370. The van der Waals surface area contributed by atoms with E-state index in [4.69, 9.17) is 9.47 Å². The van der Waals surface area contributed by atoms with Crippen LogP contribution in [0.15, 0.2) is 54.6 Å². The number of rotatable bonds is 5. The van der Waals surface area contributed by atoms with Crippen molar-refractivity contribution in [2.24, 2.45) is 0 Å². The summed E-state index contributed by atoms with van der Waals surface area (Å²) < 4.78 is 10.9. The lowest BCUT2D eigenvalue weighted by molar-refractivity contribution is 0.0333. The Hall–Kier alpha value is -2.29. The third kappa shape index (κ3) is 3.38. The highest BCUT2D eigenvalue weighted by molar-refractivity contribution is 5.92. The van der Waals surface area contributed by atoms with E-state index in [1.165, 1.54) is 0 Å². The maximum absolute atomic E-state index is 12.2. The monoisotopic (exact) mass is 270 g/mol. The van der Waals surface area contributed by atoms with Gasteiger partial charge in [0.25, 0.3) is 0 Å². The van der Waals surface area contributed by atoms with Crippen molar-refractivity contribution in [1.29, 1.82) is 0 Å². The molecule has 1 unspecified atom stereocenters. The second-order valence-electron chi connectivity index (χ2n) is 4.39. The van der Waals surface area contributed by atoms with Gasteiger partial charge in [0.15, 0.2) is 0 Å². The molecule has 1 atom stereocenters. The minimum Gasteiger partial charge on any atom is -0.493 e. The largest absolute Gasteiger partial charge is 0.493 e. The first-order valence-corrected chi connectivity index (χ1v) is 6.70. The summed E-state index contributed by atoms with van der Waals surface area (Å²) in [6.07, 6.45) is -0.293. The van der Waals surface area contributed by atoms with Crippen molar-refractivity contribution in [2.45, 2.75) is 20.0 Å². The van der Waals surface area contributed by atoms with Gasteiger partial charge in [-0.1, -0.05) is 42.5 Å². The molecule has 2 rings (SSSR count). The lowest BCUT2D eigenvalue weighted by Crippen LogP contribution is -2.11. The number of ether oxygens (including phenoxy) is 2. The molecule has 2 aromatic carbocycles. The molecule has 3 heteroatoms. The summed E-state index contributed by atoms with van der Waals surface area (Å²) in [6.45, 7) is 4.25. The Labute approximate surface area is 119 Å². The van der Waals surface area contributed by atoms with E-state index in [0.29, 0.717) is 17.9 Å². The first-order chi connectivity index (χ1) is 9.72. The molecule has 2 aromatic rings. The van der Waals surface area contributed by atoms with Crippen LogP contribution >= 0.6 is 0 Å². The highest BCUT2D eigenvalue weighted by Crippen LogP contribution is 2.23. The zero-order valence-electron chi connectivity index (χ0n) is 11.7. The lowest BCUT2D eigenvalue weighted by Gasteiger charge is -2.15. The van der Waals surface area contributed by atoms with Gasteiger partial charge >= 0.3 is 5.97 Å². The highest BCUT2D eigenvalue weighted by atomic mass is 16.5. The fourth-order valence-corrected chi connectivity index (χ4v) is 1.93. The average molecular weight is 270 g/mol. The Morgan fingerprint density at radius 3 is 2.40 bits per heavy atom. The van der Waals surface area contributed by atoms with E-state index in [2.05, 4.69) is 0 Å². The predicted molar refractivity (Wildman–Crippen MR) is 77.9 cm³/mol. The number of para-hydroxylation sites is 1. The molecule has 104 valence electrons. The summed E-state index contributed by atoms with van der Waals surface area (Å²) in [6, 6.07) is 16.8. The molecule has 0 aliphatic heterocycles. The Balaban J connectivity index is 2.12. The molecule has 20 heavy (non-hydrogen) atoms. The van der Waals surface area contributed by atoms with Gasteiger partial charge in [-0.25, -0.2) is 4.79 Å². The molecule has 0 fully saturated rings. The van der Waals surface area contributed by atoms with Gasteiger partial charge in [0.2, 0.25) is 0 Å². The Morgan fingerprint density at radius 2 is 1.70 bits per heavy atom. The van der Waals surface area contributed by atoms with Crippen LogP contribution in [0.3, 0.4) is 0 Å². The SMILES string of the molecule is CCOc1ccccc1C(=O)OC(C)c1ccccc1. The molecule has 0 heterocycles. The minimum absolute atomic E-state index is 0.293. The summed E-state index contributed by atoms with van der Waals surface area (Å²) in [5, 5.41) is 0. The number of hydrogen-bond donors (Lipinski definition) is 0. The number of hydrogen-bond acceptors (Lipinski definition) is 3. The van der Waals surface area contributed by atoms with Crippen molar-refractivity contribution in [2.75, 3.05) is 6.61 Å². The molecule has 0 saturated heterocycles. The van der Waals surface area contributed by atoms with E-state index in [1.54, 1.807) is 18.2 Å². The number of esters is 1. The van der Waals surface area contributed by atoms with E-state index in [0.717, 1.165) is 5.56 Å². The summed E-state index contributed by atoms with van der Waals surface area (Å²) >= 11 is 0. The Bertz CT molecular complexity index is 563. The molecule has 0 aromatic heterocycles. The Morgan fingerprint density at radius 1 is 1.05 bits per heavy atom. The normalized spacial score (nSPS) is 11.7. The summed E-state index contributed by atoms with van der Waals surface area (Å²) in [5.74, 6) is 0.186. The van der Waals surface area contributed by atoms with Crippen LogP contribution in [0.1, 0.15) is 35.9 Å². The number of carbonyl (C=O) groups excluding carboxylic acids is 1. The van der Waals surface area contributed by atoms with Crippen molar-refractivity contribution in [3.63, 3.8) is 0 Å². The van der Waals surface area contributed by atoms with Gasteiger partial charge in [0, 0.05) is 0 Å². The molecule has 3 nitrogen and oxygen atoms in total. The van der Waals surface area contributed by atoms with Crippen molar-refractivity contribution in [3.05, 3.63) is 65.7 Å². The summed E-state index contributed by atoms with van der Waals surface area (Å²) in [4.78, 5) is 12.2. The van der Waals surface area contributed by atoms with Crippen molar-refractivity contribution in [1.82, 2.24) is 0 Å². The van der Waals surface area contributed by atoms with Crippen molar-refractivity contribution in [3.8, 4) is 5.75 Å². The molecule has 0 spiro atoms. The molecule has 0 bridgehead atoms. The van der Waals surface area contributed by atoms with Gasteiger partial charge in [-0.2, -0.15) is 0 Å². The summed E-state index contributed by atoms with van der Waals surface area (Å²) in [7, 11) is 0. The van der Waals surface area contributed by atoms with Crippen molar-refractivity contribution < 1.29 is 14.3 Å². The third-order valence-electron chi connectivity index (χ3n) is 2.96. The van der Waals surface area contributed by atoms with Gasteiger partial charge in [-0.05, 0) is 31.5 Å². The molecule has 0 aliphatic carbocycles. The smallest absolute Gasteiger partial charge is 0.342 e. The van der Waals surface area contributed by atoms with E-state index >= 15 is 0 Å². The Kier molecular flexibility index (Phi) is 4.77. The highest BCUT2D eigenvalue weighted by Gasteiger charge is 2.17. The van der Waals surface area contributed by atoms with Crippen LogP contribution in [-0.2, 0) is 4.74 Å². The van der Waals surface area contributed by atoms with Crippen LogP contribution in [0, 0.1) is 0 Å². The predicted octanol–water partition coefficient (Wildman–Crippen LogP) is 4.00. The zero-order chi connectivity index (χ0) is 14.4. The van der Waals surface area contributed by atoms with Crippen LogP contribution in [0.4, 0.5) is 0 Å². The van der Waals surface area contributed by atoms with Crippen LogP contribution < -0.4 is 4.74 Å². The van der Waals surface area contributed by atoms with E-state index in [1.807, 2.05) is 50.2 Å². The second-order valence-corrected chi connectivity index (χ2v) is 4.39. The second kappa shape index (κ2) is 6.75. The number of carbonyl (C=O) groups is 1. The van der Waals surface area contributed by atoms with Crippen LogP contribution in [-0.4, -0.2) is 12.6 Å². The molecular formula is C17H18O3. The maximum Gasteiger partial charge on any atom is 0.342 e. The van der Waals surface area contributed by atoms with E-state index in [9.17, 15) is 4.79 Å². The molecule has 0 N–H and O–H groups in total. The first kappa shape index (κ1) is 14.1. The van der Waals surface area contributed by atoms with Crippen LogP contribution in [0.25, 0.3) is 0 Å². The van der Waals surface area contributed by atoms with Crippen molar-refractivity contribution >= 4 is 5.97 Å². The van der Waals surface area contributed by atoms with Gasteiger partial charge in [0.1, 0.15) is 17.4 Å². The van der Waals surface area contributed by atoms with Crippen LogP contribution in [0.2, 0.25) is 0 Å². The number of benzene rings is 2. The van der Waals surface area contributed by atoms with Gasteiger partial charge < -0.3 is 9.47 Å². The van der Waals surface area contributed by atoms with Gasteiger partial charge in [0.05, 0.1) is 6.61 Å². The standard InChI is InChI=1S/C17H18O3/c1-3-19-16-12-8-7-11-15(16)17(18)20-13(2)14-9-5-4-6-10-14/h4-13H,3H2,1-2H3. The first-order valence-electron chi connectivity index (χ1n) is 6.70. The molecule has 0 saturated carbocycles. The quantitative estimate of drug-likeness (QED) is 0.770. The molecule has 0 amide bonds. The molecular weight excluding hydrogens is 252 g/mol. The molecule has 0 aliphatic rings. The summed E-state index contributed by atoms with van der Waals surface area (Å²) in [5.41, 5.74) is 1.42. The maximum atomic E-state index is 12.2. The van der Waals surface area contributed by atoms with Crippen LogP contribution in [0.5, 0.6) is 5.75 Å². The van der Waals surface area contributed by atoms with Gasteiger partial charge in [-0.15, -0.1) is 0 Å². The lowest BCUT2D eigenvalue weighted by atomic mass is 10.1.